The van der Waals surface area contributed by atoms with Gasteiger partial charge in [-0.1, -0.05) is 20.8 Å². The number of carboxylic acid groups (broad SMARTS) is 1. The zero-order chi connectivity index (χ0) is 18.4. The second-order valence-electron chi connectivity index (χ2n) is 6.78. The zero-order valence-corrected chi connectivity index (χ0v) is 15.1. The van der Waals surface area contributed by atoms with E-state index in [1.54, 1.807) is 6.92 Å². The van der Waals surface area contributed by atoms with Crippen molar-refractivity contribution in [2.24, 2.45) is 17.8 Å². The number of hydrogen-bond acceptors (Lipinski definition) is 5. The molecule has 2 N–H and O–H groups in total. The van der Waals surface area contributed by atoms with E-state index in [-0.39, 0.29) is 48.6 Å². The van der Waals surface area contributed by atoms with Crippen molar-refractivity contribution in [3.63, 3.8) is 0 Å². The van der Waals surface area contributed by atoms with Gasteiger partial charge >= 0.3 is 11.9 Å². The third kappa shape index (κ3) is 5.78. The van der Waals surface area contributed by atoms with Crippen LogP contribution in [-0.2, 0) is 23.9 Å². The van der Waals surface area contributed by atoms with Gasteiger partial charge in [0.05, 0.1) is 24.2 Å². The second-order valence-corrected chi connectivity index (χ2v) is 6.78. The first kappa shape index (κ1) is 20.4. The van der Waals surface area contributed by atoms with Gasteiger partial charge in [0.2, 0.25) is 5.91 Å². The first-order valence-electron chi connectivity index (χ1n) is 8.42. The van der Waals surface area contributed by atoms with E-state index in [1.807, 2.05) is 13.8 Å². The Morgan fingerprint density at radius 2 is 1.79 bits per heavy atom. The van der Waals surface area contributed by atoms with Crippen LogP contribution in [-0.4, -0.2) is 47.8 Å². The highest BCUT2D eigenvalue weighted by atomic mass is 16.6. The minimum atomic E-state index is -0.847. The number of carboxylic acids is 1. The Hall–Kier alpha value is -1.63. The van der Waals surface area contributed by atoms with Gasteiger partial charge in [-0.25, -0.2) is 0 Å². The standard InChI is InChI=1S/C17H29NO6/c1-9(17(21)22)6-7-14-16(18-12(4)19)11(3)10(2)15(24-14)8-23-13(5)20/h9-11,14-16H,6-8H2,1-5H3,(H,18,19)(H,21,22). The maximum Gasteiger partial charge on any atom is 0.306 e. The van der Waals surface area contributed by atoms with Crippen LogP contribution < -0.4 is 5.32 Å². The average molecular weight is 343 g/mol. The van der Waals surface area contributed by atoms with Gasteiger partial charge in [-0.05, 0) is 24.7 Å². The van der Waals surface area contributed by atoms with Gasteiger partial charge in [-0.15, -0.1) is 0 Å². The lowest BCUT2D eigenvalue weighted by atomic mass is 9.78. The van der Waals surface area contributed by atoms with Gasteiger partial charge in [-0.2, -0.15) is 0 Å². The lowest BCUT2D eigenvalue weighted by Crippen LogP contribution is -2.57. The van der Waals surface area contributed by atoms with Crippen LogP contribution in [0.4, 0.5) is 0 Å². The number of carbonyl (C=O) groups excluding carboxylic acids is 2. The van der Waals surface area contributed by atoms with E-state index in [9.17, 15) is 14.4 Å². The van der Waals surface area contributed by atoms with Crippen molar-refractivity contribution in [1.82, 2.24) is 5.32 Å². The van der Waals surface area contributed by atoms with Gasteiger partial charge in [0.1, 0.15) is 6.61 Å². The van der Waals surface area contributed by atoms with Crippen LogP contribution in [0.25, 0.3) is 0 Å². The molecule has 1 saturated heterocycles. The number of nitrogens with one attached hydrogen (secondary N) is 1. The monoisotopic (exact) mass is 343 g/mol. The minimum absolute atomic E-state index is 0.0920. The van der Waals surface area contributed by atoms with Crippen molar-refractivity contribution >= 4 is 17.8 Å². The normalized spacial score (nSPS) is 31.1. The molecule has 0 saturated carbocycles. The first-order valence-corrected chi connectivity index (χ1v) is 8.42. The number of ether oxygens (including phenoxy) is 2. The highest BCUT2D eigenvalue weighted by Gasteiger charge is 2.42. The van der Waals surface area contributed by atoms with E-state index >= 15 is 0 Å². The number of amides is 1. The van der Waals surface area contributed by atoms with Crippen molar-refractivity contribution in [2.45, 2.75) is 65.7 Å². The fourth-order valence-corrected chi connectivity index (χ4v) is 3.07. The van der Waals surface area contributed by atoms with Crippen LogP contribution in [0.3, 0.4) is 0 Å². The summed E-state index contributed by atoms with van der Waals surface area (Å²) in [5.74, 6) is -1.62. The molecule has 0 aliphatic carbocycles. The van der Waals surface area contributed by atoms with E-state index in [0.717, 1.165) is 0 Å². The van der Waals surface area contributed by atoms with E-state index in [4.69, 9.17) is 14.6 Å². The summed E-state index contributed by atoms with van der Waals surface area (Å²) in [5, 5.41) is 12.0. The number of carbonyl (C=O) groups is 3. The fourth-order valence-electron chi connectivity index (χ4n) is 3.07. The summed E-state index contributed by atoms with van der Waals surface area (Å²) in [4.78, 5) is 33.6. The summed E-state index contributed by atoms with van der Waals surface area (Å²) >= 11 is 0. The van der Waals surface area contributed by atoms with Gasteiger partial charge in [0.25, 0.3) is 0 Å². The Morgan fingerprint density at radius 3 is 2.29 bits per heavy atom. The lowest BCUT2D eigenvalue weighted by Gasteiger charge is -2.45. The molecule has 0 bridgehead atoms. The van der Waals surface area contributed by atoms with Crippen LogP contribution >= 0.6 is 0 Å². The molecule has 1 fully saturated rings. The smallest absolute Gasteiger partial charge is 0.306 e. The molecule has 1 amide bonds. The maximum atomic E-state index is 11.5. The Morgan fingerprint density at radius 1 is 1.17 bits per heavy atom. The SMILES string of the molecule is CC(=O)NC1C(CCC(C)C(=O)O)OC(COC(C)=O)C(C)C1C. The minimum Gasteiger partial charge on any atom is -0.481 e. The van der Waals surface area contributed by atoms with E-state index < -0.39 is 11.9 Å². The van der Waals surface area contributed by atoms with Crippen LogP contribution in [0.15, 0.2) is 0 Å². The molecule has 0 radical (unpaired) electrons. The molecular weight excluding hydrogens is 314 g/mol. The Balaban J connectivity index is 2.83. The highest BCUT2D eigenvalue weighted by molar-refractivity contribution is 5.73. The van der Waals surface area contributed by atoms with Crippen molar-refractivity contribution in [2.75, 3.05) is 6.61 Å². The third-order valence-electron chi connectivity index (χ3n) is 4.86. The van der Waals surface area contributed by atoms with Crippen molar-refractivity contribution in [3.8, 4) is 0 Å². The molecular formula is C17H29NO6. The molecule has 0 aromatic carbocycles. The van der Waals surface area contributed by atoms with Crippen LogP contribution in [0.2, 0.25) is 0 Å². The van der Waals surface area contributed by atoms with E-state index in [1.165, 1.54) is 13.8 Å². The molecule has 7 heteroatoms. The summed E-state index contributed by atoms with van der Waals surface area (Å²) in [6.07, 6.45) is 0.408. The predicted molar refractivity (Wildman–Crippen MR) is 87.3 cm³/mol. The summed E-state index contributed by atoms with van der Waals surface area (Å²) in [7, 11) is 0. The molecule has 6 unspecified atom stereocenters. The van der Waals surface area contributed by atoms with Gasteiger partial charge in [0.15, 0.2) is 0 Å². The summed E-state index contributed by atoms with van der Waals surface area (Å²) in [6, 6.07) is -0.188. The molecule has 1 aliphatic rings. The van der Waals surface area contributed by atoms with Gasteiger partial charge in [0, 0.05) is 13.8 Å². The van der Waals surface area contributed by atoms with Crippen molar-refractivity contribution in [3.05, 3.63) is 0 Å². The van der Waals surface area contributed by atoms with E-state index in [2.05, 4.69) is 5.32 Å². The fraction of sp³-hybridized carbons (Fsp3) is 0.824. The summed E-state index contributed by atoms with van der Waals surface area (Å²) in [5.41, 5.74) is 0. The average Bonchev–Trinajstić information content (AvgIpc) is 2.49. The third-order valence-corrected chi connectivity index (χ3v) is 4.86. The van der Waals surface area contributed by atoms with Crippen molar-refractivity contribution in [1.29, 1.82) is 0 Å². The quantitative estimate of drug-likeness (QED) is 0.681. The van der Waals surface area contributed by atoms with Crippen LogP contribution in [0, 0.1) is 17.8 Å². The van der Waals surface area contributed by atoms with Crippen LogP contribution in [0.1, 0.15) is 47.5 Å². The molecule has 1 heterocycles. The molecule has 6 atom stereocenters. The molecule has 0 aromatic rings. The predicted octanol–water partition coefficient (Wildman–Crippen LogP) is 1.59. The summed E-state index contributed by atoms with van der Waals surface area (Å²) in [6.45, 7) is 8.66. The number of hydrogen-bond donors (Lipinski definition) is 2. The molecule has 24 heavy (non-hydrogen) atoms. The summed E-state index contributed by atoms with van der Waals surface area (Å²) < 4.78 is 11.2. The molecule has 1 rings (SSSR count). The molecule has 138 valence electrons. The molecule has 1 aliphatic heterocycles. The molecule has 7 nitrogen and oxygen atoms in total. The van der Waals surface area contributed by atoms with Crippen molar-refractivity contribution < 1.29 is 29.0 Å². The number of esters is 1. The largest absolute Gasteiger partial charge is 0.481 e. The zero-order valence-electron chi connectivity index (χ0n) is 15.1. The highest BCUT2D eigenvalue weighted by Crippen LogP contribution is 2.33. The number of aliphatic carboxylic acids is 1. The molecule has 0 spiro atoms. The number of rotatable bonds is 7. The Kier molecular flexibility index (Phi) is 7.66. The first-order chi connectivity index (χ1) is 11.1. The van der Waals surface area contributed by atoms with Gasteiger partial charge < -0.3 is 19.9 Å². The van der Waals surface area contributed by atoms with Gasteiger partial charge in [-0.3, -0.25) is 14.4 Å². The Labute approximate surface area is 143 Å². The maximum absolute atomic E-state index is 11.5. The van der Waals surface area contributed by atoms with Crippen LogP contribution in [0.5, 0.6) is 0 Å². The molecule has 0 aromatic heterocycles. The lowest BCUT2D eigenvalue weighted by molar-refractivity contribution is -0.166. The Bertz CT molecular complexity index is 464. The van der Waals surface area contributed by atoms with E-state index in [0.29, 0.717) is 12.8 Å². The second kappa shape index (κ2) is 9.01. The topological polar surface area (TPSA) is 102 Å².